The third kappa shape index (κ3) is 3.99. The Hall–Kier alpha value is -3.32. The minimum absolute atomic E-state index is 0.0678. The van der Waals surface area contributed by atoms with Crippen molar-refractivity contribution >= 4 is 17.5 Å². The van der Waals surface area contributed by atoms with Crippen LogP contribution < -0.4 is 15.0 Å². The first-order valence-corrected chi connectivity index (χ1v) is 9.14. The van der Waals surface area contributed by atoms with Gasteiger partial charge in [-0.3, -0.25) is 0 Å². The maximum Gasteiger partial charge on any atom is 0.228 e. The summed E-state index contributed by atoms with van der Waals surface area (Å²) in [7, 11) is 1.52. The molecule has 0 amide bonds. The first-order valence-electron chi connectivity index (χ1n) is 9.14. The van der Waals surface area contributed by atoms with Crippen molar-refractivity contribution in [3.05, 3.63) is 54.6 Å². The molecule has 7 heteroatoms. The number of nitrogens with zero attached hydrogens (tertiary/aromatic N) is 3. The van der Waals surface area contributed by atoms with Gasteiger partial charge in [-0.1, -0.05) is 30.3 Å². The standard InChI is InChI=1S/C21H22N4O3/c1-27-19-8-7-16(13-18(19)26)22-20-14-17(15-5-3-2-4-6-15)23-21(24-20)25-9-11-28-12-10-25/h2-8,13-14,26H,9-12H2,1H3,(H,22,23,24). The summed E-state index contributed by atoms with van der Waals surface area (Å²) in [4.78, 5) is 11.6. The second kappa shape index (κ2) is 8.14. The van der Waals surface area contributed by atoms with E-state index in [0.717, 1.165) is 24.3 Å². The molecule has 7 nitrogen and oxygen atoms in total. The Morgan fingerprint density at radius 1 is 1.04 bits per heavy atom. The number of nitrogens with one attached hydrogen (secondary N) is 1. The van der Waals surface area contributed by atoms with Gasteiger partial charge >= 0.3 is 0 Å². The molecular weight excluding hydrogens is 356 g/mol. The van der Waals surface area contributed by atoms with E-state index in [1.807, 2.05) is 42.5 Å². The van der Waals surface area contributed by atoms with E-state index in [0.29, 0.717) is 36.4 Å². The van der Waals surface area contributed by atoms with E-state index >= 15 is 0 Å². The summed E-state index contributed by atoms with van der Waals surface area (Å²) in [6.07, 6.45) is 0. The molecule has 0 bridgehead atoms. The van der Waals surface area contributed by atoms with Crippen LogP contribution in [0.2, 0.25) is 0 Å². The van der Waals surface area contributed by atoms with Crippen molar-refractivity contribution in [3.8, 4) is 22.8 Å². The fourth-order valence-corrected chi connectivity index (χ4v) is 3.08. The molecule has 1 aliphatic heterocycles. The van der Waals surface area contributed by atoms with E-state index in [1.165, 1.54) is 7.11 Å². The largest absolute Gasteiger partial charge is 0.504 e. The number of phenolic OH excluding ortho intramolecular Hbond substituents is 1. The topological polar surface area (TPSA) is 79.7 Å². The Balaban J connectivity index is 1.70. The van der Waals surface area contributed by atoms with Crippen LogP contribution in [0.1, 0.15) is 0 Å². The van der Waals surface area contributed by atoms with Crippen LogP contribution in [-0.2, 0) is 4.74 Å². The summed E-state index contributed by atoms with van der Waals surface area (Å²) < 4.78 is 10.5. The van der Waals surface area contributed by atoms with Gasteiger partial charge in [-0.05, 0) is 12.1 Å². The minimum atomic E-state index is 0.0678. The molecule has 28 heavy (non-hydrogen) atoms. The highest BCUT2D eigenvalue weighted by Gasteiger charge is 2.16. The molecule has 0 saturated carbocycles. The van der Waals surface area contributed by atoms with Crippen molar-refractivity contribution in [1.29, 1.82) is 0 Å². The van der Waals surface area contributed by atoms with E-state index in [4.69, 9.17) is 14.5 Å². The van der Waals surface area contributed by atoms with Crippen molar-refractivity contribution in [2.45, 2.75) is 0 Å². The number of morpholine rings is 1. The highest BCUT2D eigenvalue weighted by molar-refractivity contribution is 5.68. The van der Waals surface area contributed by atoms with Gasteiger partial charge in [0, 0.05) is 36.5 Å². The number of rotatable bonds is 5. The van der Waals surface area contributed by atoms with Crippen LogP contribution in [0.25, 0.3) is 11.3 Å². The third-order valence-electron chi connectivity index (χ3n) is 4.53. The van der Waals surface area contributed by atoms with Gasteiger partial charge in [-0.25, -0.2) is 4.98 Å². The van der Waals surface area contributed by atoms with Crippen LogP contribution in [0.15, 0.2) is 54.6 Å². The molecule has 4 rings (SSSR count). The molecule has 1 saturated heterocycles. The van der Waals surface area contributed by atoms with Crippen LogP contribution in [0, 0.1) is 0 Å². The van der Waals surface area contributed by atoms with Crippen LogP contribution in [0.3, 0.4) is 0 Å². The third-order valence-corrected chi connectivity index (χ3v) is 4.53. The van der Waals surface area contributed by atoms with Gasteiger partial charge in [0.25, 0.3) is 0 Å². The summed E-state index contributed by atoms with van der Waals surface area (Å²) >= 11 is 0. The van der Waals surface area contributed by atoms with E-state index in [9.17, 15) is 5.11 Å². The summed E-state index contributed by atoms with van der Waals surface area (Å²) in [6.45, 7) is 2.82. The lowest BCUT2D eigenvalue weighted by Crippen LogP contribution is -2.37. The second-order valence-corrected chi connectivity index (χ2v) is 6.42. The average molecular weight is 378 g/mol. The molecule has 1 aliphatic rings. The van der Waals surface area contributed by atoms with Crippen molar-refractivity contribution in [2.24, 2.45) is 0 Å². The molecule has 0 spiro atoms. The van der Waals surface area contributed by atoms with E-state index in [1.54, 1.807) is 12.1 Å². The van der Waals surface area contributed by atoms with Crippen LogP contribution in [-0.4, -0.2) is 48.5 Å². The predicted molar refractivity (Wildman–Crippen MR) is 108 cm³/mol. The predicted octanol–water partition coefficient (Wildman–Crippen LogP) is 3.44. The maximum absolute atomic E-state index is 10.0. The zero-order valence-corrected chi connectivity index (χ0v) is 15.6. The average Bonchev–Trinajstić information content (AvgIpc) is 2.75. The second-order valence-electron chi connectivity index (χ2n) is 6.42. The number of benzene rings is 2. The van der Waals surface area contributed by atoms with Gasteiger partial charge < -0.3 is 24.8 Å². The number of phenols is 1. The Kier molecular flexibility index (Phi) is 5.25. The van der Waals surface area contributed by atoms with Gasteiger partial charge in [0.1, 0.15) is 5.82 Å². The normalized spacial score (nSPS) is 14.0. The molecule has 2 aromatic carbocycles. The van der Waals surface area contributed by atoms with E-state index in [-0.39, 0.29) is 5.75 Å². The molecular formula is C21H22N4O3. The number of hydrogen-bond donors (Lipinski definition) is 2. The first kappa shape index (κ1) is 18.1. The number of methoxy groups -OCH3 is 1. The molecule has 3 aromatic rings. The molecule has 1 aromatic heterocycles. The molecule has 2 N–H and O–H groups in total. The molecule has 144 valence electrons. The monoisotopic (exact) mass is 378 g/mol. The SMILES string of the molecule is COc1ccc(Nc2cc(-c3ccccc3)nc(N3CCOCC3)n2)cc1O. The molecule has 0 unspecified atom stereocenters. The van der Waals surface area contributed by atoms with Crippen LogP contribution >= 0.6 is 0 Å². The number of anilines is 3. The summed E-state index contributed by atoms with van der Waals surface area (Å²) in [5.74, 6) is 1.80. The smallest absolute Gasteiger partial charge is 0.228 e. The summed E-state index contributed by atoms with van der Waals surface area (Å²) in [5, 5.41) is 13.3. The Bertz CT molecular complexity index is 944. The summed E-state index contributed by atoms with van der Waals surface area (Å²) in [6, 6.07) is 17.0. The summed E-state index contributed by atoms with van der Waals surface area (Å²) in [5.41, 5.74) is 2.56. The lowest BCUT2D eigenvalue weighted by Gasteiger charge is -2.27. The fourth-order valence-electron chi connectivity index (χ4n) is 3.08. The number of ether oxygens (including phenoxy) is 2. The van der Waals surface area contributed by atoms with E-state index in [2.05, 4.69) is 15.2 Å². The number of aromatic hydroxyl groups is 1. The van der Waals surface area contributed by atoms with Gasteiger partial charge in [0.2, 0.25) is 5.95 Å². The first-order chi connectivity index (χ1) is 13.7. The maximum atomic E-state index is 10.0. The van der Waals surface area contributed by atoms with Gasteiger partial charge in [-0.15, -0.1) is 0 Å². The Morgan fingerprint density at radius 2 is 1.82 bits per heavy atom. The van der Waals surface area contributed by atoms with Crippen LogP contribution in [0.5, 0.6) is 11.5 Å². The lowest BCUT2D eigenvalue weighted by molar-refractivity contribution is 0.122. The highest BCUT2D eigenvalue weighted by Crippen LogP contribution is 2.31. The molecule has 0 atom stereocenters. The molecule has 1 fully saturated rings. The lowest BCUT2D eigenvalue weighted by atomic mass is 10.1. The molecule has 0 aliphatic carbocycles. The minimum Gasteiger partial charge on any atom is -0.504 e. The van der Waals surface area contributed by atoms with E-state index < -0.39 is 0 Å². The van der Waals surface area contributed by atoms with Gasteiger partial charge in [-0.2, -0.15) is 4.98 Å². The highest BCUT2D eigenvalue weighted by atomic mass is 16.5. The fraction of sp³-hybridized carbons (Fsp3) is 0.238. The molecule has 0 radical (unpaired) electrons. The van der Waals surface area contributed by atoms with Gasteiger partial charge in [0.15, 0.2) is 11.5 Å². The molecule has 2 heterocycles. The Labute approximate surface area is 163 Å². The van der Waals surface area contributed by atoms with Crippen LogP contribution in [0.4, 0.5) is 17.5 Å². The van der Waals surface area contributed by atoms with Crippen molar-refractivity contribution in [3.63, 3.8) is 0 Å². The Morgan fingerprint density at radius 3 is 2.54 bits per heavy atom. The van der Waals surface area contributed by atoms with Crippen molar-refractivity contribution < 1.29 is 14.6 Å². The number of aromatic nitrogens is 2. The van der Waals surface area contributed by atoms with Crippen molar-refractivity contribution in [2.75, 3.05) is 43.6 Å². The quantitative estimate of drug-likeness (QED) is 0.704. The zero-order valence-electron chi connectivity index (χ0n) is 15.6. The zero-order chi connectivity index (χ0) is 19.3. The van der Waals surface area contributed by atoms with Crippen molar-refractivity contribution in [1.82, 2.24) is 9.97 Å². The number of hydrogen-bond acceptors (Lipinski definition) is 7. The van der Waals surface area contributed by atoms with Gasteiger partial charge in [0.05, 0.1) is 26.0 Å².